The number of carbonyl (C=O) groups excluding carboxylic acids is 2. The first-order chi connectivity index (χ1) is 13.5. The summed E-state index contributed by atoms with van der Waals surface area (Å²) >= 11 is 0. The predicted molar refractivity (Wildman–Crippen MR) is 102 cm³/mol. The summed E-state index contributed by atoms with van der Waals surface area (Å²) in [6.45, 7) is 4.70. The Balaban J connectivity index is 2.17. The number of methoxy groups -OCH3 is 1. The SMILES string of the molecule is CCOc1ccc([C@H]2C(C(=O)OC)=C(N)OC3=C2C(=O)CCC3)cc1OCC. The van der Waals surface area contributed by atoms with Crippen LogP contribution in [-0.4, -0.2) is 32.1 Å². The van der Waals surface area contributed by atoms with Gasteiger partial charge in [0.25, 0.3) is 0 Å². The van der Waals surface area contributed by atoms with Gasteiger partial charge in [-0.3, -0.25) is 4.79 Å². The minimum Gasteiger partial charge on any atom is -0.490 e. The molecule has 1 aliphatic heterocycles. The van der Waals surface area contributed by atoms with Crippen LogP contribution in [0.5, 0.6) is 11.5 Å². The molecule has 0 unspecified atom stereocenters. The fraction of sp³-hybridized carbons (Fsp3) is 0.429. The molecular weight excluding hydrogens is 362 g/mol. The van der Waals surface area contributed by atoms with Gasteiger partial charge in [-0.2, -0.15) is 0 Å². The maximum Gasteiger partial charge on any atom is 0.340 e. The molecule has 28 heavy (non-hydrogen) atoms. The van der Waals surface area contributed by atoms with Crippen molar-refractivity contribution in [2.24, 2.45) is 5.73 Å². The van der Waals surface area contributed by atoms with Gasteiger partial charge in [0, 0.05) is 18.4 Å². The molecule has 7 heteroatoms. The quantitative estimate of drug-likeness (QED) is 0.750. The van der Waals surface area contributed by atoms with Crippen molar-refractivity contribution in [3.05, 3.63) is 46.6 Å². The summed E-state index contributed by atoms with van der Waals surface area (Å²) in [4.78, 5) is 25.2. The van der Waals surface area contributed by atoms with E-state index in [0.29, 0.717) is 60.9 Å². The van der Waals surface area contributed by atoms with Gasteiger partial charge in [0.15, 0.2) is 17.3 Å². The third-order valence-electron chi connectivity index (χ3n) is 4.79. The molecule has 1 heterocycles. The maximum absolute atomic E-state index is 12.7. The molecule has 2 aliphatic rings. The first-order valence-corrected chi connectivity index (χ1v) is 9.43. The molecular formula is C21H25NO6. The number of ether oxygens (including phenoxy) is 4. The lowest BCUT2D eigenvalue weighted by molar-refractivity contribution is -0.136. The average molecular weight is 387 g/mol. The Hall–Kier alpha value is -2.96. The maximum atomic E-state index is 12.7. The van der Waals surface area contributed by atoms with Crippen LogP contribution in [0, 0.1) is 0 Å². The van der Waals surface area contributed by atoms with E-state index in [1.165, 1.54) is 7.11 Å². The molecule has 2 N–H and O–H groups in total. The molecule has 1 aromatic rings. The Labute approximate surface area is 164 Å². The van der Waals surface area contributed by atoms with Gasteiger partial charge in [-0.15, -0.1) is 0 Å². The van der Waals surface area contributed by atoms with Crippen molar-refractivity contribution in [3.8, 4) is 11.5 Å². The number of benzene rings is 1. The normalized spacial score (nSPS) is 19.1. The standard InChI is InChI=1S/C21H25NO6/c1-4-26-14-10-9-12(11-16(14)27-5-2)17-18-13(23)7-6-8-15(18)28-20(22)19(17)21(24)25-3/h9-11,17H,4-8,22H2,1-3H3/t17-/m1/s1. The second-order valence-corrected chi connectivity index (χ2v) is 6.49. The van der Waals surface area contributed by atoms with E-state index < -0.39 is 11.9 Å². The van der Waals surface area contributed by atoms with Crippen LogP contribution in [0.3, 0.4) is 0 Å². The lowest BCUT2D eigenvalue weighted by Crippen LogP contribution is -2.31. The van der Waals surface area contributed by atoms with Crippen molar-refractivity contribution < 1.29 is 28.5 Å². The number of allylic oxidation sites excluding steroid dienone is 2. The second-order valence-electron chi connectivity index (χ2n) is 6.49. The molecule has 1 aromatic carbocycles. The molecule has 7 nitrogen and oxygen atoms in total. The van der Waals surface area contributed by atoms with Gasteiger partial charge < -0.3 is 24.7 Å². The van der Waals surface area contributed by atoms with E-state index in [9.17, 15) is 9.59 Å². The number of esters is 1. The minimum atomic E-state index is -0.668. The van der Waals surface area contributed by atoms with E-state index in [0.717, 1.165) is 0 Å². The lowest BCUT2D eigenvalue weighted by atomic mass is 9.77. The van der Waals surface area contributed by atoms with Gasteiger partial charge in [0.1, 0.15) is 11.3 Å². The first kappa shape index (κ1) is 19.8. The highest BCUT2D eigenvalue weighted by Crippen LogP contribution is 2.45. The molecule has 0 amide bonds. The van der Waals surface area contributed by atoms with Crippen LogP contribution in [0.2, 0.25) is 0 Å². The van der Waals surface area contributed by atoms with Crippen molar-refractivity contribution in [1.29, 1.82) is 0 Å². The number of carbonyl (C=O) groups is 2. The smallest absolute Gasteiger partial charge is 0.340 e. The summed E-state index contributed by atoms with van der Waals surface area (Å²) in [6.07, 6.45) is 1.70. The van der Waals surface area contributed by atoms with E-state index >= 15 is 0 Å². The number of hydrogen-bond donors (Lipinski definition) is 1. The Morgan fingerprint density at radius 2 is 1.89 bits per heavy atom. The summed E-state index contributed by atoms with van der Waals surface area (Å²) in [5, 5.41) is 0. The van der Waals surface area contributed by atoms with Gasteiger partial charge in [-0.05, 0) is 38.0 Å². The Bertz CT molecular complexity index is 854. The molecule has 0 aromatic heterocycles. The Kier molecular flexibility index (Phi) is 5.92. The van der Waals surface area contributed by atoms with Crippen molar-refractivity contribution in [2.45, 2.75) is 39.0 Å². The minimum absolute atomic E-state index is 0.0304. The Morgan fingerprint density at radius 3 is 2.57 bits per heavy atom. The van der Waals surface area contributed by atoms with Gasteiger partial charge in [-0.25, -0.2) is 4.79 Å². The summed E-state index contributed by atoms with van der Waals surface area (Å²) in [7, 11) is 1.27. The van der Waals surface area contributed by atoms with Crippen LogP contribution >= 0.6 is 0 Å². The molecule has 0 saturated carbocycles. The van der Waals surface area contributed by atoms with Gasteiger partial charge in [0.05, 0.1) is 26.2 Å². The molecule has 0 spiro atoms. The van der Waals surface area contributed by atoms with E-state index in [4.69, 9.17) is 24.7 Å². The third kappa shape index (κ3) is 3.56. The summed E-state index contributed by atoms with van der Waals surface area (Å²) in [6, 6.07) is 5.37. The van der Waals surface area contributed by atoms with Gasteiger partial charge in [0.2, 0.25) is 5.88 Å². The molecule has 1 aliphatic carbocycles. The van der Waals surface area contributed by atoms with Crippen LogP contribution in [-0.2, 0) is 19.1 Å². The molecule has 0 radical (unpaired) electrons. The van der Waals surface area contributed by atoms with Crippen LogP contribution in [0.25, 0.3) is 0 Å². The number of rotatable bonds is 6. The van der Waals surface area contributed by atoms with E-state index in [2.05, 4.69) is 0 Å². The van der Waals surface area contributed by atoms with Gasteiger partial charge >= 0.3 is 5.97 Å². The van der Waals surface area contributed by atoms with Crippen LogP contribution in [0.4, 0.5) is 0 Å². The molecule has 3 rings (SSSR count). The van der Waals surface area contributed by atoms with E-state index in [-0.39, 0.29) is 17.2 Å². The first-order valence-electron chi connectivity index (χ1n) is 9.43. The highest BCUT2D eigenvalue weighted by Gasteiger charge is 2.41. The summed E-state index contributed by atoms with van der Waals surface area (Å²) in [5.41, 5.74) is 7.35. The fourth-order valence-corrected chi connectivity index (χ4v) is 3.65. The molecule has 150 valence electrons. The monoisotopic (exact) mass is 387 g/mol. The highest BCUT2D eigenvalue weighted by molar-refractivity contribution is 6.03. The van der Waals surface area contributed by atoms with Crippen LogP contribution in [0.1, 0.15) is 44.6 Å². The van der Waals surface area contributed by atoms with E-state index in [1.807, 2.05) is 19.9 Å². The van der Waals surface area contributed by atoms with Gasteiger partial charge in [-0.1, -0.05) is 6.07 Å². The average Bonchev–Trinajstić information content (AvgIpc) is 2.68. The van der Waals surface area contributed by atoms with Crippen molar-refractivity contribution >= 4 is 11.8 Å². The number of ketones is 1. The summed E-state index contributed by atoms with van der Waals surface area (Å²) in [5.74, 6) is 0.294. The van der Waals surface area contributed by atoms with E-state index in [1.54, 1.807) is 12.1 Å². The van der Waals surface area contributed by atoms with Crippen molar-refractivity contribution in [3.63, 3.8) is 0 Å². The fourth-order valence-electron chi connectivity index (χ4n) is 3.65. The predicted octanol–water partition coefficient (Wildman–Crippen LogP) is 2.95. The zero-order valence-electron chi connectivity index (χ0n) is 16.4. The molecule has 0 fully saturated rings. The topological polar surface area (TPSA) is 97.1 Å². The molecule has 1 atom stereocenters. The van der Waals surface area contributed by atoms with Crippen molar-refractivity contribution in [1.82, 2.24) is 0 Å². The summed E-state index contributed by atoms with van der Waals surface area (Å²) < 4.78 is 21.9. The Morgan fingerprint density at radius 1 is 1.18 bits per heavy atom. The lowest BCUT2D eigenvalue weighted by Gasteiger charge is -2.32. The van der Waals surface area contributed by atoms with Crippen LogP contribution in [0.15, 0.2) is 41.0 Å². The number of nitrogens with two attached hydrogens (primary N) is 1. The van der Waals surface area contributed by atoms with Crippen LogP contribution < -0.4 is 15.2 Å². The van der Waals surface area contributed by atoms with Crippen molar-refractivity contribution in [2.75, 3.05) is 20.3 Å². The molecule has 0 bridgehead atoms. The number of hydrogen-bond acceptors (Lipinski definition) is 7. The zero-order valence-corrected chi connectivity index (χ0v) is 16.4. The number of Topliss-reactive ketones (excluding diaryl/α,β-unsaturated/α-hetero) is 1. The second kappa shape index (κ2) is 8.37. The molecule has 0 saturated heterocycles. The zero-order chi connectivity index (χ0) is 20.3. The third-order valence-corrected chi connectivity index (χ3v) is 4.79. The highest BCUT2D eigenvalue weighted by atomic mass is 16.5. The largest absolute Gasteiger partial charge is 0.490 e.